The molecule has 0 saturated carbocycles. The SMILES string of the molecule is Cc1cc(C)c(C(C)NCc2ccon2)c(C)n1. The summed E-state index contributed by atoms with van der Waals surface area (Å²) < 4.78 is 4.81. The van der Waals surface area contributed by atoms with Crippen molar-refractivity contribution >= 4 is 0 Å². The van der Waals surface area contributed by atoms with E-state index in [4.69, 9.17) is 4.52 Å². The molecule has 0 aliphatic heterocycles. The van der Waals surface area contributed by atoms with Crippen molar-refractivity contribution in [3.63, 3.8) is 0 Å². The number of nitrogens with zero attached hydrogens (tertiary/aromatic N) is 2. The number of hydrogen-bond acceptors (Lipinski definition) is 4. The van der Waals surface area contributed by atoms with E-state index in [0.29, 0.717) is 6.54 Å². The van der Waals surface area contributed by atoms with Gasteiger partial charge in [0.1, 0.15) is 6.26 Å². The van der Waals surface area contributed by atoms with Crippen LogP contribution in [0.2, 0.25) is 0 Å². The normalized spacial score (nSPS) is 12.7. The standard InChI is InChI=1S/C14H19N3O/c1-9-7-10(2)16-12(4)14(9)11(3)15-8-13-5-6-18-17-13/h5-7,11,15H,8H2,1-4H3. The average molecular weight is 245 g/mol. The van der Waals surface area contributed by atoms with Crippen LogP contribution < -0.4 is 5.32 Å². The van der Waals surface area contributed by atoms with Gasteiger partial charge in [0.25, 0.3) is 0 Å². The summed E-state index contributed by atoms with van der Waals surface area (Å²) in [6.45, 7) is 9.06. The van der Waals surface area contributed by atoms with Gasteiger partial charge in [-0.15, -0.1) is 0 Å². The Kier molecular flexibility index (Phi) is 3.77. The predicted molar refractivity (Wildman–Crippen MR) is 70.2 cm³/mol. The molecule has 96 valence electrons. The Bertz CT molecular complexity index is 497. The quantitative estimate of drug-likeness (QED) is 0.900. The molecule has 0 aliphatic rings. The highest BCUT2D eigenvalue weighted by Gasteiger charge is 2.13. The molecule has 1 unspecified atom stereocenters. The van der Waals surface area contributed by atoms with Crippen LogP contribution in [0.4, 0.5) is 0 Å². The highest BCUT2D eigenvalue weighted by atomic mass is 16.5. The van der Waals surface area contributed by atoms with Gasteiger partial charge in [-0.25, -0.2) is 0 Å². The molecule has 0 aromatic carbocycles. The van der Waals surface area contributed by atoms with Gasteiger partial charge in [0.2, 0.25) is 0 Å². The second-order valence-electron chi connectivity index (χ2n) is 4.67. The third-order valence-electron chi connectivity index (χ3n) is 3.10. The molecule has 0 fully saturated rings. The first-order valence-electron chi connectivity index (χ1n) is 6.15. The van der Waals surface area contributed by atoms with Crippen molar-refractivity contribution in [2.24, 2.45) is 0 Å². The van der Waals surface area contributed by atoms with Crippen LogP contribution in [0.5, 0.6) is 0 Å². The van der Waals surface area contributed by atoms with Crippen LogP contribution >= 0.6 is 0 Å². The first-order valence-corrected chi connectivity index (χ1v) is 6.15. The minimum absolute atomic E-state index is 0.245. The van der Waals surface area contributed by atoms with E-state index in [0.717, 1.165) is 17.1 Å². The lowest BCUT2D eigenvalue weighted by atomic mass is 10.0. The van der Waals surface area contributed by atoms with Crippen molar-refractivity contribution in [1.29, 1.82) is 0 Å². The number of rotatable bonds is 4. The van der Waals surface area contributed by atoms with E-state index in [-0.39, 0.29) is 6.04 Å². The third-order valence-corrected chi connectivity index (χ3v) is 3.10. The second kappa shape index (κ2) is 5.31. The van der Waals surface area contributed by atoms with E-state index in [1.165, 1.54) is 11.1 Å². The van der Waals surface area contributed by atoms with Crippen molar-refractivity contribution in [3.05, 3.63) is 46.6 Å². The first kappa shape index (κ1) is 12.8. The highest BCUT2D eigenvalue weighted by Crippen LogP contribution is 2.21. The van der Waals surface area contributed by atoms with Crippen molar-refractivity contribution in [3.8, 4) is 0 Å². The van der Waals surface area contributed by atoms with Gasteiger partial charge in [-0.1, -0.05) is 5.16 Å². The monoisotopic (exact) mass is 245 g/mol. The summed E-state index contributed by atoms with van der Waals surface area (Å²) in [5.74, 6) is 0. The Morgan fingerprint density at radius 1 is 1.33 bits per heavy atom. The lowest BCUT2D eigenvalue weighted by Gasteiger charge is -2.18. The maximum atomic E-state index is 4.81. The number of nitrogens with one attached hydrogen (secondary N) is 1. The fraction of sp³-hybridized carbons (Fsp3) is 0.429. The van der Waals surface area contributed by atoms with Crippen molar-refractivity contribution < 1.29 is 4.52 Å². The minimum Gasteiger partial charge on any atom is -0.364 e. The fourth-order valence-electron chi connectivity index (χ4n) is 2.38. The Morgan fingerprint density at radius 2 is 2.11 bits per heavy atom. The van der Waals surface area contributed by atoms with Crippen LogP contribution in [-0.4, -0.2) is 10.1 Å². The van der Waals surface area contributed by atoms with E-state index in [1.54, 1.807) is 6.26 Å². The zero-order valence-electron chi connectivity index (χ0n) is 11.3. The Balaban J connectivity index is 2.11. The Hall–Kier alpha value is -1.68. The molecule has 2 rings (SSSR count). The summed E-state index contributed by atoms with van der Waals surface area (Å²) in [5.41, 5.74) is 5.62. The Morgan fingerprint density at radius 3 is 2.72 bits per heavy atom. The maximum absolute atomic E-state index is 4.81. The van der Waals surface area contributed by atoms with Crippen LogP contribution in [-0.2, 0) is 6.54 Å². The second-order valence-corrected chi connectivity index (χ2v) is 4.67. The number of aromatic nitrogens is 2. The molecule has 1 N–H and O–H groups in total. The maximum Gasteiger partial charge on any atom is 0.124 e. The lowest BCUT2D eigenvalue weighted by molar-refractivity contribution is 0.406. The van der Waals surface area contributed by atoms with Crippen molar-refractivity contribution in [2.45, 2.75) is 40.3 Å². The molecule has 4 heteroatoms. The van der Waals surface area contributed by atoms with Gasteiger partial charge in [-0.05, 0) is 44.9 Å². The summed E-state index contributed by atoms with van der Waals surface area (Å²) in [7, 11) is 0. The molecular weight excluding hydrogens is 226 g/mol. The van der Waals surface area contributed by atoms with Gasteiger partial charge in [-0.2, -0.15) is 0 Å². The molecule has 2 heterocycles. The summed E-state index contributed by atoms with van der Waals surface area (Å²) in [6.07, 6.45) is 1.59. The third kappa shape index (κ3) is 2.76. The molecular formula is C14H19N3O. The lowest BCUT2D eigenvalue weighted by Crippen LogP contribution is -2.20. The molecule has 2 aromatic heterocycles. The summed E-state index contributed by atoms with van der Waals surface area (Å²) in [4.78, 5) is 4.53. The zero-order valence-corrected chi connectivity index (χ0v) is 11.3. The summed E-state index contributed by atoms with van der Waals surface area (Å²) in [5, 5.41) is 7.33. The molecule has 0 radical (unpaired) electrons. The van der Waals surface area contributed by atoms with Crippen LogP contribution in [0, 0.1) is 20.8 Å². The number of aryl methyl sites for hydroxylation is 3. The van der Waals surface area contributed by atoms with Gasteiger partial charge in [0.05, 0.1) is 5.69 Å². The number of hydrogen-bond donors (Lipinski definition) is 1. The molecule has 0 saturated heterocycles. The van der Waals surface area contributed by atoms with E-state index < -0.39 is 0 Å². The molecule has 1 atom stereocenters. The van der Waals surface area contributed by atoms with E-state index in [2.05, 4.69) is 42.3 Å². The number of pyridine rings is 1. The summed E-state index contributed by atoms with van der Waals surface area (Å²) >= 11 is 0. The molecule has 2 aromatic rings. The van der Waals surface area contributed by atoms with Gasteiger partial charge in [0, 0.05) is 30.0 Å². The molecule has 0 spiro atoms. The van der Waals surface area contributed by atoms with Crippen LogP contribution in [0.1, 0.15) is 41.2 Å². The molecule has 4 nitrogen and oxygen atoms in total. The molecule has 18 heavy (non-hydrogen) atoms. The van der Waals surface area contributed by atoms with Crippen molar-refractivity contribution in [1.82, 2.24) is 15.5 Å². The van der Waals surface area contributed by atoms with Crippen LogP contribution in [0.3, 0.4) is 0 Å². The van der Waals surface area contributed by atoms with Gasteiger partial charge >= 0.3 is 0 Å². The predicted octanol–water partition coefficient (Wildman–Crippen LogP) is 2.85. The molecule has 0 amide bonds. The highest BCUT2D eigenvalue weighted by molar-refractivity contribution is 5.33. The van der Waals surface area contributed by atoms with Gasteiger partial charge in [0.15, 0.2) is 0 Å². The molecule has 0 aliphatic carbocycles. The van der Waals surface area contributed by atoms with Gasteiger partial charge in [-0.3, -0.25) is 4.98 Å². The largest absolute Gasteiger partial charge is 0.364 e. The molecule has 0 bridgehead atoms. The topological polar surface area (TPSA) is 51.0 Å². The minimum atomic E-state index is 0.245. The van der Waals surface area contributed by atoms with Crippen molar-refractivity contribution in [2.75, 3.05) is 0 Å². The van der Waals surface area contributed by atoms with E-state index in [1.807, 2.05) is 13.0 Å². The van der Waals surface area contributed by atoms with Crippen LogP contribution in [0.15, 0.2) is 22.9 Å². The van der Waals surface area contributed by atoms with E-state index >= 15 is 0 Å². The first-order chi connectivity index (χ1) is 8.58. The van der Waals surface area contributed by atoms with E-state index in [9.17, 15) is 0 Å². The average Bonchev–Trinajstić information content (AvgIpc) is 2.77. The smallest absolute Gasteiger partial charge is 0.124 e. The Labute approximate surface area is 107 Å². The summed E-state index contributed by atoms with van der Waals surface area (Å²) in [6, 6.07) is 4.23. The van der Waals surface area contributed by atoms with Gasteiger partial charge < -0.3 is 9.84 Å². The van der Waals surface area contributed by atoms with Crippen LogP contribution in [0.25, 0.3) is 0 Å². The zero-order chi connectivity index (χ0) is 13.1. The fourth-order valence-corrected chi connectivity index (χ4v) is 2.38.